The van der Waals surface area contributed by atoms with E-state index in [9.17, 15) is 22.0 Å². The van der Waals surface area contributed by atoms with Crippen LogP contribution in [0.5, 0.6) is 0 Å². The van der Waals surface area contributed by atoms with Gasteiger partial charge in [0.15, 0.2) is 0 Å². The molecule has 108 valence electrons. The maximum Gasteiger partial charge on any atom is 0.416 e. The highest BCUT2D eigenvalue weighted by molar-refractivity contribution is 5.29. The first-order valence-electron chi connectivity index (χ1n) is 5.61. The second-order valence-corrected chi connectivity index (χ2v) is 4.00. The van der Waals surface area contributed by atoms with Crippen molar-refractivity contribution in [1.29, 1.82) is 0 Å². The Morgan fingerprint density at radius 1 is 1.16 bits per heavy atom. The van der Waals surface area contributed by atoms with Crippen LogP contribution in [0.1, 0.15) is 11.1 Å². The van der Waals surface area contributed by atoms with Gasteiger partial charge >= 0.3 is 6.18 Å². The van der Waals surface area contributed by atoms with Crippen LogP contribution in [0.3, 0.4) is 0 Å². The van der Waals surface area contributed by atoms with Gasteiger partial charge in [0.2, 0.25) is 0 Å². The van der Waals surface area contributed by atoms with E-state index in [1.807, 2.05) is 0 Å². The smallest absolute Gasteiger partial charge is 0.395 e. The number of aliphatic hydroxyl groups excluding tert-OH is 1. The first-order valence-corrected chi connectivity index (χ1v) is 5.61. The van der Waals surface area contributed by atoms with Gasteiger partial charge in [0.25, 0.3) is 6.43 Å². The normalized spacial score (nSPS) is 12.4. The van der Waals surface area contributed by atoms with Crippen LogP contribution in [0.2, 0.25) is 0 Å². The van der Waals surface area contributed by atoms with E-state index in [1.54, 1.807) is 0 Å². The summed E-state index contributed by atoms with van der Waals surface area (Å²) in [5, 5.41) is 8.75. The Hall–Kier alpha value is -1.21. The molecule has 1 aromatic rings. The van der Waals surface area contributed by atoms with E-state index in [-0.39, 0.29) is 25.3 Å². The Balaban J connectivity index is 2.90. The van der Waals surface area contributed by atoms with Crippen LogP contribution in [0.25, 0.3) is 0 Å². The van der Waals surface area contributed by atoms with Crippen LogP contribution in [0, 0.1) is 0 Å². The zero-order valence-corrected chi connectivity index (χ0v) is 10.00. The van der Waals surface area contributed by atoms with Gasteiger partial charge in [-0.2, -0.15) is 13.2 Å². The highest BCUT2D eigenvalue weighted by atomic mass is 19.4. The molecule has 0 bridgehead atoms. The van der Waals surface area contributed by atoms with Crippen molar-refractivity contribution in [2.24, 2.45) is 0 Å². The van der Waals surface area contributed by atoms with E-state index in [0.29, 0.717) is 0 Å². The summed E-state index contributed by atoms with van der Waals surface area (Å²) >= 11 is 0. The molecular weight excluding hydrogens is 269 g/mol. The summed E-state index contributed by atoms with van der Waals surface area (Å²) in [6, 6.07) is 4.83. The predicted molar refractivity (Wildman–Crippen MR) is 59.8 cm³/mol. The third kappa shape index (κ3) is 5.12. The van der Waals surface area contributed by atoms with Crippen molar-refractivity contribution in [2.75, 3.05) is 19.7 Å². The molecule has 0 unspecified atom stereocenters. The molecular formula is C12H14F5NO. The molecule has 1 N–H and O–H groups in total. The third-order valence-corrected chi connectivity index (χ3v) is 2.53. The molecule has 0 aromatic heterocycles. The topological polar surface area (TPSA) is 23.5 Å². The fraction of sp³-hybridized carbons (Fsp3) is 0.500. The molecule has 0 aliphatic rings. The van der Waals surface area contributed by atoms with Crippen LogP contribution in [-0.4, -0.2) is 36.1 Å². The number of hydrogen-bond donors (Lipinski definition) is 1. The van der Waals surface area contributed by atoms with E-state index in [4.69, 9.17) is 5.11 Å². The summed E-state index contributed by atoms with van der Waals surface area (Å²) in [5.41, 5.74) is -0.920. The van der Waals surface area contributed by atoms with E-state index in [2.05, 4.69) is 0 Å². The quantitative estimate of drug-likeness (QED) is 0.811. The van der Waals surface area contributed by atoms with Gasteiger partial charge in [0.1, 0.15) is 0 Å². The van der Waals surface area contributed by atoms with Crippen LogP contribution < -0.4 is 0 Å². The molecule has 0 spiro atoms. The summed E-state index contributed by atoms with van der Waals surface area (Å²) in [4.78, 5) is 1.09. The van der Waals surface area contributed by atoms with E-state index >= 15 is 0 Å². The lowest BCUT2D eigenvalue weighted by molar-refractivity contribution is -0.138. The standard InChI is InChI=1S/C12H14F5NO/c13-11(14)8-18(5-6-19)7-9-3-1-2-4-10(9)12(15,16)17/h1-4,11,19H,5-8H2. The monoisotopic (exact) mass is 283 g/mol. The fourth-order valence-corrected chi connectivity index (χ4v) is 1.75. The molecule has 1 aromatic carbocycles. The molecule has 19 heavy (non-hydrogen) atoms. The summed E-state index contributed by atoms with van der Waals surface area (Å²) in [7, 11) is 0. The molecule has 7 heteroatoms. The Labute approximate surface area is 107 Å². The van der Waals surface area contributed by atoms with Crippen LogP contribution in [0.15, 0.2) is 24.3 Å². The maximum absolute atomic E-state index is 12.7. The number of aliphatic hydroxyl groups is 1. The van der Waals surface area contributed by atoms with Crippen LogP contribution >= 0.6 is 0 Å². The number of benzene rings is 1. The highest BCUT2D eigenvalue weighted by Gasteiger charge is 2.33. The summed E-state index contributed by atoms with van der Waals surface area (Å²) in [6.07, 6.45) is -7.18. The molecule has 0 aliphatic heterocycles. The molecule has 0 atom stereocenters. The Bertz CT molecular complexity index is 394. The summed E-state index contributed by atoms with van der Waals surface area (Å²) in [5.74, 6) is 0. The second-order valence-electron chi connectivity index (χ2n) is 4.00. The molecule has 0 saturated carbocycles. The zero-order valence-electron chi connectivity index (χ0n) is 10.00. The molecule has 1 rings (SSSR count). The highest BCUT2D eigenvalue weighted by Crippen LogP contribution is 2.32. The van der Waals surface area contributed by atoms with Crippen molar-refractivity contribution in [3.63, 3.8) is 0 Å². The Morgan fingerprint density at radius 3 is 2.32 bits per heavy atom. The van der Waals surface area contributed by atoms with Crippen molar-refractivity contribution in [2.45, 2.75) is 19.1 Å². The molecule has 0 saturated heterocycles. The van der Waals surface area contributed by atoms with E-state index in [1.165, 1.54) is 18.2 Å². The van der Waals surface area contributed by atoms with Crippen molar-refractivity contribution in [3.05, 3.63) is 35.4 Å². The number of hydrogen-bond acceptors (Lipinski definition) is 2. The number of nitrogens with zero attached hydrogens (tertiary/aromatic N) is 1. The van der Waals surface area contributed by atoms with Gasteiger partial charge in [-0.05, 0) is 11.6 Å². The minimum Gasteiger partial charge on any atom is -0.395 e. The Kier molecular flexibility index (Phi) is 5.68. The van der Waals surface area contributed by atoms with Crippen molar-refractivity contribution >= 4 is 0 Å². The van der Waals surface area contributed by atoms with Gasteiger partial charge in [-0.1, -0.05) is 18.2 Å². The first-order chi connectivity index (χ1) is 8.84. The van der Waals surface area contributed by atoms with E-state index in [0.717, 1.165) is 11.0 Å². The third-order valence-electron chi connectivity index (χ3n) is 2.53. The first kappa shape index (κ1) is 15.8. The molecule has 0 fully saturated rings. The van der Waals surface area contributed by atoms with Crippen molar-refractivity contribution < 1.29 is 27.1 Å². The zero-order chi connectivity index (χ0) is 14.5. The maximum atomic E-state index is 12.7. The van der Waals surface area contributed by atoms with E-state index < -0.39 is 24.7 Å². The molecule has 0 radical (unpaired) electrons. The number of halogens is 5. The number of alkyl halides is 5. The predicted octanol–water partition coefficient (Wildman–Crippen LogP) is 2.76. The van der Waals surface area contributed by atoms with Crippen LogP contribution in [-0.2, 0) is 12.7 Å². The van der Waals surface area contributed by atoms with Crippen molar-refractivity contribution in [3.8, 4) is 0 Å². The minimum atomic E-state index is -4.52. The van der Waals surface area contributed by atoms with Gasteiger partial charge in [-0.3, -0.25) is 4.90 Å². The van der Waals surface area contributed by atoms with Crippen molar-refractivity contribution in [1.82, 2.24) is 4.90 Å². The van der Waals surface area contributed by atoms with Crippen LogP contribution in [0.4, 0.5) is 22.0 Å². The Morgan fingerprint density at radius 2 is 1.79 bits per heavy atom. The van der Waals surface area contributed by atoms with Gasteiger partial charge in [0, 0.05) is 13.1 Å². The minimum absolute atomic E-state index is 0.0795. The van der Waals surface area contributed by atoms with Gasteiger partial charge < -0.3 is 5.11 Å². The molecule has 0 heterocycles. The lowest BCUT2D eigenvalue weighted by atomic mass is 10.1. The van der Waals surface area contributed by atoms with Gasteiger partial charge in [-0.15, -0.1) is 0 Å². The molecule has 0 amide bonds. The average Bonchev–Trinajstić information content (AvgIpc) is 2.27. The summed E-state index contributed by atoms with van der Waals surface area (Å²) < 4.78 is 62.8. The van der Waals surface area contributed by atoms with Gasteiger partial charge in [-0.25, -0.2) is 8.78 Å². The lowest BCUT2D eigenvalue weighted by Gasteiger charge is -2.22. The average molecular weight is 283 g/mol. The number of rotatable bonds is 6. The SMILES string of the molecule is OCCN(Cc1ccccc1C(F)(F)F)CC(F)F. The fourth-order valence-electron chi connectivity index (χ4n) is 1.75. The largest absolute Gasteiger partial charge is 0.416 e. The second kappa shape index (κ2) is 6.81. The van der Waals surface area contributed by atoms with Gasteiger partial charge in [0.05, 0.1) is 18.7 Å². The molecule has 2 nitrogen and oxygen atoms in total. The lowest BCUT2D eigenvalue weighted by Crippen LogP contribution is -2.32. The summed E-state index contributed by atoms with van der Waals surface area (Å²) in [6.45, 7) is -1.44. The molecule has 0 aliphatic carbocycles.